The number of aromatic nitrogens is 2. The topological polar surface area (TPSA) is 56.2 Å². The van der Waals surface area contributed by atoms with Crippen molar-refractivity contribution in [1.82, 2.24) is 9.55 Å². The Morgan fingerprint density at radius 2 is 2.16 bits per heavy atom. The van der Waals surface area contributed by atoms with Crippen molar-refractivity contribution in [3.8, 4) is 0 Å². The maximum absolute atomic E-state index is 11.1. The van der Waals surface area contributed by atoms with Gasteiger partial charge in [-0.2, -0.15) is 0 Å². The Kier molecular flexibility index (Phi) is 6.97. The molecule has 6 heteroatoms. The van der Waals surface area contributed by atoms with Crippen LogP contribution in [0.4, 0.5) is 0 Å². The second-order valence-electron chi connectivity index (χ2n) is 4.88. The lowest BCUT2D eigenvalue weighted by Crippen LogP contribution is -2.22. The zero-order valence-corrected chi connectivity index (χ0v) is 12.5. The molecule has 0 unspecified atom stereocenters. The molecule has 0 aliphatic carbocycles. The van der Waals surface area contributed by atoms with Crippen molar-refractivity contribution in [3.05, 3.63) is 27.4 Å². The first-order chi connectivity index (χ1) is 9.02. The molecule has 0 fully saturated rings. The summed E-state index contributed by atoms with van der Waals surface area (Å²) in [6.45, 7) is 6.23. The third-order valence-electron chi connectivity index (χ3n) is 2.68. The Balaban J connectivity index is 2.44. The van der Waals surface area contributed by atoms with Gasteiger partial charge in [-0.05, 0) is 24.6 Å². The maximum Gasteiger partial charge on any atom is 0.251 e. The summed E-state index contributed by atoms with van der Waals surface area (Å²) in [4.78, 5) is 13.7. The number of methoxy groups -OCH3 is 1. The Hall–Kier alpha value is -0.980. The summed E-state index contributed by atoms with van der Waals surface area (Å²) in [5.41, 5.74) is -0.176. The molecule has 1 heterocycles. The normalized spacial score (nSPS) is 12.8. The molecule has 0 saturated carbocycles. The largest absolute Gasteiger partial charge is 0.379 e. The minimum atomic E-state index is -0.176. The Morgan fingerprint density at radius 1 is 1.42 bits per heavy atom. The molecule has 0 radical (unpaired) electrons. The van der Waals surface area contributed by atoms with Gasteiger partial charge in [0.25, 0.3) is 5.56 Å². The van der Waals surface area contributed by atoms with Crippen LogP contribution in [0, 0.1) is 10.7 Å². The quantitative estimate of drug-likeness (QED) is 0.743. The molecule has 108 valence electrons. The predicted molar refractivity (Wildman–Crippen MR) is 77.0 cm³/mol. The number of H-pyrrole nitrogens is 1. The molecule has 0 aliphatic rings. The van der Waals surface area contributed by atoms with Gasteiger partial charge in [0.2, 0.25) is 0 Å². The first-order valence-electron chi connectivity index (χ1n) is 6.43. The Morgan fingerprint density at radius 3 is 2.74 bits per heavy atom. The summed E-state index contributed by atoms with van der Waals surface area (Å²) in [7, 11) is 1.68. The van der Waals surface area contributed by atoms with Gasteiger partial charge >= 0.3 is 0 Å². The molecule has 0 saturated heterocycles. The van der Waals surface area contributed by atoms with E-state index < -0.39 is 0 Å². The summed E-state index contributed by atoms with van der Waals surface area (Å²) >= 11 is 5.08. The van der Waals surface area contributed by atoms with Crippen LogP contribution in [-0.2, 0) is 16.0 Å². The minimum Gasteiger partial charge on any atom is -0.379 e. The molecule has 0 aliphatic heterocycles. The van der Waals surface area contributed by atoms with E-state index in [1.54, 1.807) is 13.3 Å². The van der Waals surface area contributed by atoms with Gasteiger partial charge in [0.05, 0.1) is 12.7 Å². The van der Waals surface area contributed by atoms with Crippen LogP contribution in [0.5, 0.6) is 0 Å². The van der Waals surface area contributed by atoms with Crippen LogP contribution in [-0.4, -0.2) is 36.0 Å². The monoisotopic (exact) mass is 286 g/mol. The van der Waals surface area contributed by atoms with E-state index in [0.29, 0.717) is 23.8 Å². The van der Waals surface area contributed by atoms with Crippen LogP contribution in [0.25, 0.3) is 0 Å². The fraction of sp³-hybridized carbons (Fsp3) is 0.692. The van der Waals surface area contributed by atoms with Crippen LogP contribution in [0.2, 0.25) is 0 Å². The molecule has 1 aromatic rings. The minimum absolute atomic E-state index is 0.0348. The predicted octanol–water partition coefficient (Wildman–Crippen LogP) is 1.98. The molecule has 1 N–H and O–H groups in total. The second kappa shape index (κ2) is 8.24. The average molecular weight is 286 g/mol. The number of nitrogens with zero attached hydrogens (tertiary/aromatic N) is 1. The van der Waals surface area contributed by atoms with Crippen LogP contribution in [0.3, 0.4) is 0 Å². The highest BCUT2D eigenvalue weighted by Gasteiger charge is 2.08. The van der Waals surface area contributed by atoms with Crippen molar-refractivity contribution >= 4 is 12.2 Å². The van der Waals surface area contributed by atoms with Crippen molar-refractivity contribution in [2.45, 2.75) is 32.9 Å². The van der Waals surface area contributed by atoms with E-state index in [2.05, 4.69) is 18.8 Å². The van der Waals surface area contributed by atoms with Crippen molar-refractivity contribution in [3.63, 3.8) is 0 Å². The molecule has 0 aromatic carbocycles. The van der Waals surface area contributed by atoms with E-state index in [4.69, 9.17) is 21.7 Å². The molecule has 5 nitrogen and oxygen atoms in total. The maximum atomic E-state index is 11.1. The number of rotatable bonds is 8. The number of nitrogens with one attached hydrogen (secondary N) is 1. The molecule has 0 amide bonds. The highest BCUT2D eigenvalue weighted by molar-refractivity contribution is 7.71. The van der Waals surface area contributed by atoms with E-state index in [-0.39, 0.29) is 11.7 Å². The fourth-order valence-corrected chi connectivity index (χ4v) is 1.86. The average Bonchev–Trinajstić information content (AvgIpc) is 2.35. The van der Waals surface area contributed by atoms with Crippen molar-refractivity contribution in [2.75, 3.05) is 20.3 Å². The fourth-order valence-electron chi connectivity index (χ4n) is 1.61. The number of aryl methyl sites for hydroxylation is 1. The molecular formula is C13H22N2O3S. The van der Waals surface area contributed by atoms with Gasteiger partial charge in [0.15, 0.2) is 4.77 Å². The Labute approximate surface area is 118 Å². The zero-order valence-electron chi connectivity index (χ0n) is 11.7. The highest BCUT2D eigenvalue weighted by atomic mass is 32.1. The molecular weight excluding hydrogens is 264 g/mol. The Bertz CT molecular complexity index is 481. The summed E-state index contributed by atoms with van der Waals surface area (Å²) in [5.74, 6) is 0.519. The smallest absolute Gasteiger partial charge is 0.251 e. The standard InChI is InChI=1S/C13H22N2O3S/c1-10(2)8-18-9-11(17-3)4-6-15-7-5-12(16)14-13(15)19/h5,7,10-11H,4,6,8-9H2,1-3H3,(H,14,16,19)/t11-/m0/s1. The van der Waals surface area contributed by atoms with E-state index in [1.165, 1.54) is 6.07 Å². The number of aromatic amines is 1. The SMILES string of the molecule is CO[C@@H](CCn1ccc(=O)[nH]c1=S)COCC(C)C. The summed E-state index contributed by atoms with van der Waals surface area (Å²) in [6, 6.07) is 1.47. The van der Waals surface area contributed by atoms with Crippen LogP contribution in [0.1, 0.15) is 20.3 Å². The number of ether oxygens (including phenoxy) is 2. The molecule has 1 atom stereocenters. The van der Waals surface area contributed by atoms with Gasteiger partial charge < -0.3 is 14.0 Å². The summed E-state index contributed by atoms with van der Waals surface area (Å²) in [6.07, 6.45) is 2.52. The lowest BCUT2D eigenvalue weighted by molar-refractivity contribution is -0.00510. The van der Waals surface area contributed by atoms with Crippen LogP contribution < -0.4 is 5.56 Å². The van der Waals surface area contributed by atoms with Gasteiger partial charge in [-0.25, -0.2) is 0 Å². The lowest BCUT2D eigenvalue weighted by atomic mass is 10.2. The van der Waals surface area contributed by atoms with E-state index in [9.17, 15) is 4.79 Å². The highest BCUT2D eigenvalue weighted by Crippen LogP contribution is 2.03. The zero-order chi connectivity index (χ0) is 14.3. The molecule has 19 heavy (non-hydrogen) atoms. The van der Waals surface area contributed by atoms with Gasteiger partial charge in [0.1, 0.15) is 0 Å². The summed E-state index contributed by atoms with van der Waals surface area (Å²) in [5, 5.41) is 0. The third-order valence-corrected chi connectivity index (χ3v) is 3.01. The van der Waals surface area contributed by atoms with E-state index in [1.807, 2.05) is 4.57 Å². The van der Waals surface area contributed by atoms with Crippen molar-refractivity contribution < 1.29 is 9.47 Å². The lowest BCUT2D eigenvalue weighted by Gasteiger charge is -2.17. The first-order valence-corrected chi connectivity index (χ1v) is 6.84. The van der Waals surface area contributed by atoms with Crippen molar-refractivity contribution in [2.24, 2.45) is 5.92 Å². The van der Waals surface area contributed by atoms with Crippen molar-refractivity contribution in [1.29, 1.82) is 0 Å². The van der Waals surface area contributed by atoms with E-state index in [0.717, 1.165) is 13.0 Å². The summed E-state index contributed by atoms with van der Waals surface area (Å²) < 4.78 is 13.2. The third kappa shape index (κ3) is 6.13. The van der Waals surface area contributed by atoms with Gasteiger partial charge in [-0.1, -0.05) is 13.8 Å². The molecule has 1 rings (SSSR count). The van der Waals surface area contributed by atoms with Crippen LogP contribution in [0.15, 0.2) is 17.1 Å². The second-order valence-corrected chi connectivity index (χ2v) is 5.27. The van der Waals surface area contributed by atoms with E-state index >= 15 is 0 Å². The van der Waals surface area contributed by atoms with Gasteiger partial charge in [-0.15, -0.1) is 0 Å². The molecule has 0 spiro atoms. The number of hydrogen-bond donors (Lipinski definition) is 1. The van der Waals surface area contributed by atoms with Crippen LogP contribution >= 0.6 is 12.2 Å². The van der Waals surface area contributed by atoms with Gasteiger partial charge in [-0.3, -0.25) is 9.78 Å². The number of hydrogen-bond acceptors (Lipinski definition) is 4. The van der Waals surface area contributed by atoms with Gasteiger partial charge in [0, 0.05) is 32.5 Å². The molecule has 1 aromatic heterocycles. The first kappa shape index (κ1) is 16.1. The molecule has 0 bridgehead atoms.